The molecule has 0 amide bonds. The summed E-state index contributed by atoms with van der Waals surface area (Å²) in [5, 5.41) is 9.33. The van der Waals surface area contributed by atoms with Crippen LogP contribution in [0.2, 0.25) is 0 Å². The zero-order valence-electron chi connectivity index (χ0n) is 40.3. The van der Waals surface area contributed by atoms with Crippen molar-refractivity contribution in [2.24, 2.45) is 35.5 Å². The molecular weight excluding hydrogens is 831 g/mol. The minimum atomic E-state index is -0.744. The van der Waals surface area contributed by atoms with Gasteiger partial charge in [0.15, 0.2) is 18.4 Å². The molecule has 15 heteroatoms. The van der Waals surface area contributed by atoms with E-state index in [-0.39, 0.29) is 85.1 Å². The highest BCUT2D eigenvalue weighted by Crippen LogP contribution is 2.57. The fourth-order valence-electron chi connectivity index (χ4n) is 11.1. The second-order valence-corrected chi connectivity index (χ2v) is 19.4. The Morgan fingerprint density at radius 3 is 2.38 bits per heavy atom. The molecule has 0 radical (unpaired) electrons. The molecule has 3 heterocycles. The molecule has 3 unspecified atom stereocenters. The number of rotatable bonds is 16. The van der Waals surface area contributed by atoms with Gasteiger partial charge >= 0.3 is 5.97 Å². The van der Waals surface area contributed by atoms with E-state index in [2.05, 4.69) is 50.1 Å². The first-order chi connectivity index (χ1) is 31.2. The fraction of sp³-hybridized carbons (Fsp3) is 0.720. The normalized spacial score (nSPS) is 34.0. The number of hydrogen-bond donors (Lipinski definition) is 1. The minimum absolute atomic E-state index is 0.00448. The van der Waals surface area contributed by atoms with Gasteiger partial charge in [-0.2, -0.15) is 0 Å². The SMILES string of the molecule is CC[C@H]1CCC[C@H](O[C@H]2CC[C@H](N(C)C)C(C)O2)[C@@H](C)C(=O)C2=C[C@@H]3[C@@H](C=C(n4cc(-c5ccc(N)cc5)nn4)[C@@H]4C[C@@H](OC(OC(C)[C@@H](C)OC)[C@H](COC)OC)C[C@@H]34)[C@@H]2CC(=O)O1. The molecule has 1 aromatic heterocycles. The Kier molecular flexibility index (Phi) is 16.7. The molecule has 2 saturated heterocycles. The van der Waals surface area contributed by atoms with Gasteiger partial charge in [0.25, 0.3) is 0 Å². The van der Waals surface area contributed by atoms with Gasteiger partial charge in [-0.15, -0.1) is 5.10 Å². The average molecular weight is 906 g/mol. The van der Waals surface area contributed by atoms with Crippen molar-refractivity contribution in [3.63, 3.8) is 0 Å². The standard InChI is InChI=1S/C50H75N5O10/c1-11-34-13-12-14-45(65-48-20-19-43(54(6)7)31(5)61-48)28(2)49(57)41-23-37-36-21-35(64-50(46(60-10)27-58-8)62-30(4)29(3)59-9)22-40(36)44(24-38(37)39(41)25-47(56)63-34)55-26-42(52-53-55)32-15-17-33(51)18-16-32/h15-18,23-24,26,28-31,34-40,43,45-46,48,50H,11-14,19-22,25,27,51H2,1-10H3/t28-,29-,30?,31?,34+,35+,36+,37+,38-,39+,40-,43+,45+,46+,48+,50?/m1/s1. The van der Waals surface area contributed by atoms with E-state index >= 15 is 4.79 Å². The first-order valence-electron chi connectivity index (χ1n) is 24.0. The highest BCUT2D eigenvalue weighted by atomic mass is 16.7. The highest BCUT2D eigenvalue weighted by molar-refractivity contribution is 5.99. The molecule has 1 saturated carbocycles. The predicted octanol–water partition coefficient (Wildman–Crippen LogP) is 6.95. The number of Topliss-reactive ketones (excluding diaryl/α,β-unsaturated/α-hetero) is 1. The number of ether oxygens (including phenoxy) is 8. The second kappa shape index (κ2) is 22.0. The summed E-state index contributed by atoms with van der Waals surface area (Å²) in [4.78, 5) is 31.4. The molecule has 2 N–H and O–H groups in total. The summed E-state index contributed by atoms with van der Waals surface area (Å²) in [6, 6.07) is 7.88. The van der Waals surface area contributed by atoms with E-state index in [4.69, 9.17) is 48.8 Å². The lowest BCUT2D eigenvalue weighted by atomic mass is 9.69. The topological polar surface area (TPSA) is 168 Å². The number of allylic oxidation sites excluding steroid dienone is 4. The summed E-state index contributed by atoms with van der Waals surface area (Å²) in [6.07, 6.45) is 9.42. The summed E-state index contributed by atoms with van der Waals surface area (Å²) in [5.74, 6) is -1.33. The first kappa shape index (κ1) is 49.4. The van der Waals surface area contributed by atoms with Gasteiger partial charge in [-0.05, 0) is 122 Å². The molecule has 7 rings (SSSR count). The average Bonchev–Trinajstić information content (AvgIpc) is 4.04. The number of nitrogen functional groups attached to an aromatic ring is 1. The van der Waals surface area contributed by atoms with Gasteiger partial charge in [0.2, 0.25) is 0 Å². The Morgan fingerprint density at radius 1 is 0.938 bits per heavy atom. The number of likely N-dealkylation sites (N-methyl/N-ethyl adjacent to an activating group) is 1. The zero-order valence-corrected chi connectivity index (χ0v) is 40.3. The van der Waals surface area contributed by atoms with E-state index < -0.39 is 30.5 Å². The Bertz CT molecular complexity index is 1950. The number of carbonyl (C=O) groups excluding carboxylic acids is 2. The summed E-state index contributed by atoms with van der Waals surface area (Å²) < 4.78 is 51.9. The van der Waals surface area contributed by atoms with Crippen molar-refractivity contribution in [2.45, 2.75) is 154 Å². The van der Waals surface area contributed by atoms with Crippen LogP contribution in [0.4, 0.5) is 5.69 Å². The van der Waals surface area contributed by atoms with Gasteiger partial charge in [0, 0.05) is 62.1 Å². The second-order valence-electron chi connectivity index (χ2n) is 19.4. The van der Waals surface area contributed by atoms with Gasteiger partial charge in [-0.3, -0.25) is 9.59 Å². The van der Waals surface area contributed by atoms with E-state index in [0.29, 0.717) is 55.1 Å². The zero-order chi connectivity index (χ0) is 46.5. The number of carbonyl (C=O) groups is 2. The highest BCUT2D eigenvalue weighted by Gasteiger charge is 2.54. The number of anilines is 1. The van der Waals surface area contributed by atoms with Crippen LogP contribution in [0.3, 0.4) is 0 Å². The van der Waals surface area contributed by atoms with Crippen molar-refractivity contribution >= 4 is 23.1 Å². The number of fused-ring (bicyclic) bond motifs is 5. The van der Waals surface area contributed by atoms with Crippen LogP contribution in [-0.4, -0.2) is 135 Å². The monoisotopic (exact) mass is 906 g/mol. The summed E-state index contributed by atoms with van der Waals surface area (Å²) >= 11 is 0. The van der Waals surface area contributed by atoms with Gasteiger partial charge in [-0.25, -0.2) is 4.68 Å². The van der Waals surface area contributed by atoms with Crippen LogP contribution in [0, 0.1) is 35.5 Å². The van der Waals surface area contributed by atoms with Crippen LogP contribution in [-0.2, 0) is 47.5 Å². The maximum Gasteiger partial charge on any atom is 0.306 e. The number of esters is 1. The van der Waals surface area contributed by atoms with E-state index in [1.165, 1.54) is 0 Å². The number of cyclic esters (lactones) is 1. The van der Waals surface area contributed by atoms with Gasteiger partial charge in [0.05, 0.1) is 49.7 Å². The lowest BCUT2D eigenvalue weighted by molar-refractivity contribution is -0.255. The largest absolute Gasteiger partial charge is 0.462 e. The van der Waals surface area contributed by atoms with Crippen molar-refractivity contribution in [1.82, 2.24) is 19.9 Å². The Labute approximate surface area is 386 Å². The summed E-state index contributed by atoms with van der Waals surface area (Å²) in [6.45, 7) is 10.4. The molecule has 1 aromatic carbocycles. The summed E-state index contributed by atoms with van der Waals surface area (Å²) in [5.41, 5.74) is 9.95. The van der Waals surface area contributed by atoms with Crippen LogP contribution in [0.1, 0.15) is 92.4 Å². The number of ketones is 1. The smallest absolute Gasteiger partial charge is 0.306 e. The van der Waals surface area contributed by atoms with E-state index in [1.54, 1.807) is 21.3 Å². The Hall–Kier alpha value is -3.54. The third-order valence-corrected chi connectivity index (χ3v) is 15.1. The van der Waals surface area contributed by atoms with Gasteiger partial charge in [0.1, 0.15) is 17.9 Å². The Balaban J connectivity index is 1.24. The number of nitrogens with two attached hydrogens (primary N) is 1. The van der Waals surface area contributed by atoms with Crippen molar-refractivity contribution < 1.29 is 47.5 Å². The van der Waals surface area contributed by atoms with Crippen LogP contribution in [0.15, 0.2) is 48.2 Å². The number of hydrogen-bond acceptors (Lipinski definition) is 14. The van der Waals surface area contributed by atoms with Crippen LogP contribution in [0.25, 0.3) is 17.0 Å². The third kappa shape index (κ3) is 11.3. The number of nitrogens with zero attached hydrogens (tertiary/aromatic N) is 4. The predicted molar refractivity (Wildman–Crippen MR) is 246 cm³/mol. The number of benzene rings is 1. The molecule has 2 aliphatic heterocycles. The lowest BCUT2D eigenvalue weighted by Crippen LogP contribution is -2.47. The molecule has 0 spiro atoms. The van der Waals surface area contributed by atoms with Crippen molar-refractivity contribution in [3.8, 4) is 11.3 Å². The lowest BCUT2D eigenvalue weighted by Gasteiger charge is -2.40. The maximum atomic E-state index is 15.2. The minimum Gasteiger partial charge on any atom is -0.462 e. The molecular formula is C50H75N5O10. The number of aromatic nitrogens is 3. The molecule has 3 aliphatic carbocycles. The van der Waals surface area contributed by atoms with Crippen molar-refractivity contribution in [3.05, 3.63) is 48.2 Å². The van der Waals surface area contributed by atoms with Gasteiger partial charge < -0.3 is 48.5 Å². The van der Waals surface area contributed by atoms with Crippen LogP contribution >= 0.6 is 0 Å². The molecule has 5 aliphatic rings. The van der Waals surface area contributed by atoms with Gasteiger partial charge in [-0.1, -0.05) is 43.3 Å². The quantitative estimate of drug-likeness (QED) is 0.104. The molecule has 16 atom stereocenters. The third-order valence-electron chi connectivity index (χ3n) is 15.1. The molecule has 3 fully saturated rings. The van der Waals surface area contributed by atoms with Crippen LogP contribution < -0.4 is 5.73 Å². The molecule has 2 aromatic rings. The molecule has 0 bridgehead atoms. The first-order valence-corrected chi connectivity index (χ1v) is 24.0. The number of methoxy groups -OCH3 is 3. The van der Waals surface area contributed by atoms with Crippen LogP contribution in [0.5, 0.6) is 0 Å². The fourth-order valence-corrected chi connectivity index (χ4v) is 11.1. The van der Waals surface area contributed by atoms with Crippen molar-refractivity contribution in [2.75, 3.05) is 47.8 Å². The molecule has 65 heavy (non-hydrogen) atoms. The maximum absolute atomic E-state index is 15.2. The molecule has 15 nitrogen and oxygen atoms in total. The van der Waals surface area contributed by atoms with E-state index in [0.717, 1.165) is 30.5 Å². The molecule has 360 valence electrons. The summed E-state index contributed by atoms with van der Waals surface area (Å²) in [7, 11) is 9.09. The van der Waals surface area contributed by atoms with E-state index in [9.17, 15) is 4.79 Å². The van der Waals surface area contributed by atoms with E-state index in [1.807, 2.05) is 55.9 Å². The van der Waals surface area contributed by atoms with Crippen molar-refractivity contribution in [1.29, 1.82) is 0 Å². The Morgan fingerprint density at radius 2 is 1.71 bits per heavy atom.